The Hall–Kier alpha value is -2.98. The zero-order chi connectivity index (χ0) is 32.5. The zero-order valence-electron chi connectivity index (χ0n) is 27.2. The Balaban J connectivity index is 2.22. The van der Waals surface area contributed by atoms with Gasteiger partial charge in [0.05, 0.1) is 6.42 Å². The lowest BCUT2D eigenvalue weighted by atomic mass is 10.0. The van der Waals surface area contributed by atoms with E-state index in [1.54, 1.807) is 20.8 Å². The molecule has 0 aromatic heterocycles. The van der Waals surface area contributed by atoms with E-state index in [4.69, 9.17) is 14.3 Å². The van der Waals surface area contributed by atoms with Gasteiger partial charge in [-0.2, -0.15) is 0 Å². The maximum atomic E-state index is 12.7. The van der Waals surface area contributed by atoms with Gasteiger partial charge in [-0.3, -0.25) is 19.2 Å². The summed E-state index contributed by atoms with van der Waals surface area (Å²) in [6.07, 6.45) is 11.8. The third kappa shape index (κ3) is 19.0. The molecule has 1 aliphatic heterocycles. The predicted molar refractivity (Wildman–Crippen MR) is 160 cm³/mol. The number of esters is 2. The lowest BCUT2D eigenvalue weighted by Crippen LogP contribution is -2.44. The number of nitrogens with one attached hydrogen (secondary N) is 1. The molecule has 1 N–H and O–H groups in total. The molecular formula is C32H54N2O9. The fraction of sp³-hybridized carbons (Fsp3) is 0.812. The molecule has 43 heavy (non-hydrogen) atoms. The molecule has 1 fully saturated rings. The number of hydrogen-bond donors (Lipinski definition) is 1. The van der Waals surface area contributed by atoms with E-state index >= 15 is 0 Å². The molecule has 0 aliphatic carbocycles. The molecule has 0 bridgehead atoms. The molecule has 0 spiro atoms. The standard InChI is InChI=1S/C32H54N2O9/c1-31(2,3)41-28(38)19-17-15-13-11-9-7-8-10-12-14-16-18-25(35)33-24(30(40)42-32(4,5)6)20-23-29(39)43-34-26(36)21-22-27(34)37/h24H,7-23H2,1-6H3,(H,33,35)/t24-/m0/s1. The minimum absolute atomic E-state index is 0.0113. The topological polar surface area (TPSA) is 145 Å². The number of unbranched alkanes of at least 4 members (excludes halogenated alkanes) is 10. The molecule has 1 aliphatic rings. The van der Waals surface area contributed by atoms with Crippen molar-refractivity contribution < 1.29 is 43.1 Å². The molecule has 11 heteroatoms. The van der Waals surface area contributed by atoms with Crippen LogP contribution in [0.2, 0.25) is 0 Å². The lowest BCUT2D eigenvalue weighted by Gasteiger charge is -2.24. The van der Waals surface area contributed by atoms with Gasteiger partial charge in [0.15, 0.2) is 0 Å². The number of carbonyl (C=O) groups excluding carboxylic acids is 6. The molecule has 0 unspecified atom stereocenters. The second kappa shape index (κ2) is 19.3. The Labute approximate surface area is 257 Å². The maximum Gasteiger partial charge on any atom is 0.333 e. The minimum atomic E-state index is -1.05. The van der Waals surface area contributed by atoms with Crippen LogP contribution in [0.4, 0.5) is 0 Å². The fourth-order valence-electron chi connectivity index (χ4n) is 4.49. The van der Waals surface area contributed by atoms with Crippen molar-refractivity contribution in [3.63, 3.8) is 0 Å². The summed E-state index contributed by atoms with van der Waals surface area (Å²) in [5, 5.41) is 3.13. The molecule has 3 amide bonds. The van der Waals surface area contributed by atoms with Gasteiger partial charge in [0.1, 0.15) is 17.2 Å². The van der Waals surface area contributed by atoms with Gasteiger partial charge in [-0.25, -0.2) is 9.59 Å². The Kier molecular flexibility index (Phi) is 17.1. The fourth-order valence-corrected chi connectivity index (χ4v) is 4.49. The Bertz CT molecular complexity index is 918. The van der Waals surface area contributed by atoms with E-state index in [-0.39, 0.29) is 44.0 Å². The number of imide groups is 1. The highest BCUT2D eigenvalue weighted by molar-refractivity contribution is 6.01. The first-order valence-corrected chi connectivity index (χ1v) is 15.9. The number of hydroxylamine groups is 2. The highest BCUT2D eigenvalue weighted by Gasteiger charge is 2.33. The van der Waals surface area contributed by atoms with Crippen molar-refractivity contribution in [2.24, 2.45) is 0 Å². The Morgan fingerprint density at radius 3 is 1.56 bits per heavy atom. The van der Waals surface area contributed by atoms with E-state index in [1.165, 1.54) is 19.3 Å². The van der Waals surface area contributed by atoms with Gasteiger partial charge in [-0.15, -0.1) is 5.06 Å². The van der Waals surface area contributed by atoms with Crippen molar-refractivity contribution in [3.05, 3.63) is 0 Å². The number of nitrogens with zero attached hydrogens (tertiary/aromatic N) is 1. The van der Waals surface area contributed by atoms with Crippen molar-refractivity contribution in [2.45, 2.75) is 168 Å². The average molecular weight is 611 g/mol. The van der Waals surface area contributed by atoms with E-state index in [0.717, 1.165) is 44.9 Å². The quantitative estimate of drug-likeness (QED) is 0.106. The molecule has 0 radical (unpaired) electrons. The molecule has 1 rings (SSSR count). The van der Waals surface area contributed by atoms with Crippen LogP contribution in [-0.4, -0.2) is 57.9 Å². The van der Waals surface area contributed by atoms with Crippen LogP contribution in [0.15, 0.2) is 0 Å². The van der Waals surface area contributed by atoms with E-state index in [2.05, 4.69) is 5.32 Å². The first-order valence-electron chi connectivity index (χ1n) is 15.9. The van der Waals surface area contributed by atoms with E-state index in [1.807, 2.05) is 20.8 Å². The number of carbonyl (C=O) groups is 6. The van der Waals surface area contributed by atoms with Crippen LogP contribution in [0.5, 0.6) is 0 Å². The molecule has 11 nitrogen and oxygen atoms in total. The predicted octanol–water partition coefficient (Wildman–Crippen LogP) is 5.61. The molecule has 1 saturated heterocycles. The molecule has 1 heterocycles. The van der Waals surface area contributed by atoms with Crippen LogP contribution in [0.1, 0.15) is 151 Å². The van der Waals surface area contributed by atoms with Crippen LogP contribution in [0.3, 0.4) is 0 Å². The lowest BCUT2D eigenvalue weighted by molar-refractivity contribution is -0.197. The minimum Gasteiger partial charge on any atom is -0.460 e. The van der Waals surface area contributed by atoms with E-state index in [9.17, 15) is 28.8 Å². The molecule has 0 aromatic carbocycles. The van der Waals surface area contributed by atoms with Crippen molar-refractivity contribution >= 4 is 35.6 Å². The maximum absolute atomic E-state index is 12.7. The van der Waals surface area contributed by atoms with Crippen molar-refractivity contribution in [1.82, 2.24) is 10.4 Å². The third-order valence-corrected chi connectivity index (χ3v) is 6.57. The second-order valence-corrected chi connectivity index (χ2v) is 13.2. The molecular weight excluding hydrogens is 556 g/mol. The van der Waals surface area contributed by atoms with E-state index in [0.29, 0.717) is 17.9 Å². The monoisotopic (exact) mass is 610 g/mol. The smallest absolute Gasteiger partial charge is 0.333 e. The van der Waals surface area contributed by atoms with Crippen molar-refractivity contribution in [2.75, 3.05) is 0 Å². The SMILES string of the molecule is CC(C)(C)OC(=O)CCCCCCCCCCCCCC(=O)N[C@@H](CCC(=O)ON1C(=O)CCC1=O)C(=O)OC(C)(C)C. The summed E-state index contributed by atoms with van der Waals surface area (Å²) in [5.74, 6) is -3.10. The van der Waals surface area contributed by atoms with Crippen LogP contribution in [0, 0.1) is 0 Å². The van der Waals surface area contributed by atoms with Gasteiger partial charge in [-0.05, 0) is 60.8 Å². The van der Waals surface area contributed by atoms with Crippen LogP contribution >= 0.6 is 0 Å². The van der Waals surface area contributed by atoms with Gasteiger partial charge in [0, 0.05) is 25.7 Å². The van der Waals surface area contributed by atoms with Gasteiger partial charge in [0.25, 0.3) is 11.8 Å². The van der Waals surface area contributed by atoms with Gasteiger partial charge in [0.2, 0.25) is 5.91 Å². The first-order chi connectivity index (χ1) is 20.1. The molecule has 1 atom stereocenters. The summed E-state index contributed by atoms with van der Waals surface area (Å²) >= 11 is 0. The van der Waals surface area contributed by atoms with Gasteiger partial charge < -0.3 is 19.6 Å². The van der Waals surface area contributed by atoms with Gasteiger partial charge >= 0.3 is 17.9 Å². The summed E-state index contributed by atoms with van der Waals surface area (Å²) in [6, 6.07) is -1.05. The summed E-state index contributed by atoms with van der Waals surface area (Å²) in [7, 11) is 0. The van der Waals surface area contributed by atoms with Crippen molar-refractivity contribution in [3.8, 4) is 0 Å². The number of rotatable bonds is 20. The highest BCUT2D eigenvalue weighted by Crippen LogP contribution is 2.17. The summed E-state index contributed by atoms with van der Waals surface area (Å²) < 4.78 is 10.7. The van der Waals surface area contributed by atoms with Gasteiger partial charge in [-0.1, -0.05) is 57.8 Å². The normalized spacial score (nSPS) is 14.4. The number of amides is 3. The average Bonchev–Trinajstić information content (AvgIpc) is 3.19. The summed E-state index contributed by atoms with van der Waals surface area (Å²) in [5.41, 5.74) is -1.20. The Morgan fingerprint density at radius 2 is 1.09 bits per heavy atom. The summed E-state index contributed by atoms with van der Waals surface area (Å²) in [4.78, 5) is 77.3. The van der Waals surface area contributed by atoms with E-state index < -0.39 is 41.0 Å². The van der Waals surface area contributed by atoms with Crippen LogP contribution in [-0.2, 0) is 43.1 Å². The molecule has 0 saturated carbocycles. The van der Waals surface area contributed by atoms with Crippen molar-refractivity contribution in [1.29, 1.82) is 0 Å². The second-order valence-electron chi connectivity index (χ2n) is 13.2. The first kappa shape index (κ1) is 38.0. The zero-order valence-corrected chi connectivity index (χ0v) is 27.2. The third-order valence-electron chi connectivity index (χ3n) is 6.57. The Morgan fingerprint density at radius 1 is 0.651 bits per heavy atom. The largest absolute Gasteiger partial charge is 0.460 e. The molecule has 0 aromatic rings. The molecule has 246 valence electrons. The van der Waals surface area contributed by atoms with Crippen LogP contribution < -0.4 is 5.32 Å². The summed E-state index contributed by atoms with van der Waals surface area (Å²) in [6.45, 7) is 10.8. The highest BCUT2D eigenvalue weighted by atomic mass is 16.7. The number of hydrogen-bond acceptors (Lipinski definition) is 9. The number of ether oxygens (including phenoxy) is 2. The van der Waals surface area contributed by atoms with Crippen LogP contribution in [0.25, 0.3) is 0 Å².